The van der Waals surface area contributed by atoms with E-state index >= 15 is 0 Å². The van der Waals surface area contributed by atoms with Crippen LogP contribution in [-0.2, 0) is 4.79 Å². The molecule has 2 saturated heterocycles. The highest BCUT2D eigenvalue weighted by Gasteiger charge is 2.43. The zero-order valence-electron chi connectivity index (χ0n) is 9.69. The molecule has 0 radical (unpaired) electrons. The minimum absolute atomic E-state index is 0.109. The number of fused-ring (bicyclic) bond motifs is 1. The van der Waals surface area contributed by atoms with Crippen molar-refractivity contribution < 1.29 is 4.79 Å². The van der Waals surface area contributed by atoms with Crippen LogP contribution in [-0.4, -0.2) is 42.0 Å². The number of hydrogen-bond donors (Lipinski definition) is 2. The van der Waals surface area contributed by atoms with E-state index in [0.29, 0.717) is 12.1 Å². The van der Waals surface area contributed by atoms with Crippen molar-refractivity contribution in [3.63, 3.8) is 0 Å². The summed E-state index contributed by atoms with van der Waals surface area (Å²) in [5, 5.41) is 3.21. The summed E-state index contributed by atoms with van der Waals surface area (Å²) in [6, 6.07) is 1.12. The lowest BCUT2D eigenvalue weighted by Gasteiger charge is -2.32. The normalized spacial score (nSPS) is 42.8. The van der Waals surface area contributed by atoms with E-state index in [1.54, 1.807) is 0 Å². The lowest BCUT2D eigenvalue weighted by atomic mass is 9.99. The lowest BCUT2D eigenvalue weighted by molar-refractivity contribution is -0.123. The summed E-state index contributed by atoms with van der Waals surface area (Å²) in [7, 11) is 0. The van der Waals surface area contributed by atoms with Crippen LogP contribution in [0.2, 0.25) is 0 Å². The average molecular weight is 223 g/mol. The number of nitrogens with two attached hydrogens (primary N) is 1. The van der Waals surface area contributed by atoms with Gasteiger partial charge in [0.1, 0.15) is 0 Å². The Morgan fingerprint density at radius 3 is 2.81 bits per heavy atom. The van der Waals surface area contributed by atoms with Crippen molar-refractivity contribution in [1.29, 1.82) is 0 Å². The molecule has 3 rings (SSSR count). The molecule has 0 aromatic rings. The Bertz CT molecular complexity index is 294. The highest BCUT2D eigenvalue weighted by molar-refractivity contribution is 5.82. The van der Waals surface area contributed by atoms with Crippen LogP contribution >= 0.6 is 0 Å². The number of hydrogen-bond acceptors (Lipinski definition) is 3. The Hall–Kier alpha value is -0.610. The molecule has 16 heavy (non-hydrogen) atoms. The summed E-state index contributed by atoms with van der Waals surface area (Å²) in [4.78, 5) is 14.4. The predicted molar refractivity (Wildman–Crippen MR) is 61.8 cm³/mol. The largest absolute Gasteiger partial charge is 0.351 e. The molecule has 2 heterocycles. The maximum Gasteiger partial charge on any atom is 0.225 e. The van der Waals surface area contributed by atoms with Crippen LogP contribution in [0, 0.1) is 5.92 Å². The maximum atomic E-state index is 11.8. The number of nitrogens with zero attached hydrogens (tertiary/aromatic N) is 1. The molecule has 0 bridgehead atoms. The molecular weight excluding hydrogens is 202 g/mol. The molecule has 2 aliphatic heterocycles. The van der Waals surface area contributed by atoms with Gasteiger partial charge in [0.2, 0.25) is 5.91 Å². The monoisotopic (exact) mass is 223 g/mol. The molecular formula is C12H21N3O. The van der Waals surface area contributed by atoms with Crippen LogP contribution in [0.25, 0.3) is 0 Å². The van der Waals surface area contributed by atoms with Gasteiger partial charge in [-0.1, -0.05) is 6.42 Å². The van der Waals surface area contributed by atoms with Gasteiger partial charge in [0, 0.05) is 24.7 Å². The fraction of sp³-hybridized carbons (Fsp3) is 0.917. The Balaban J connectivity index is 1.56. The first-order chi connectivity index (χ1) is 7.75. The molecule has 4 atom stereocenters. The number of amides is 1. The van der Waals surface area contributed by atoms with Gasteiger partial charge < -0.3 is 11.1 Å². The second-order valence-electron chi connectivity index (χ2n) is 5.51. The van der Waals surface area contributed by atoms with E-state index in [1.165, 1.54) is 25.8 Å². The van der Waals surface area contributed by atoms with E-state index in [2.05, 4.69) is 10.2 Å². The number of rotatable bonds is 2. The number of nitrogens with one attached hydrogen (secondary N) is 1. The quantitative estimate of drug-likeness (QED) is 0.697. The molecule has 0 aromatic carbocycles. The Morgan fingerprint density at radius 1 is 1.25 bits per heavy atom. The van der Waals surface area contributed by atoms with Crippen molar-refractivity contribution in [2.75, 3.05) is 13.1 Å². The third-order valence-electron chi connectivity index (χ3n) is 4.36. The Labute approximate surface area is 96.5 Å². The fourth-order valence-electron chi connectivity index (χ4n) is 3.22. The zero-order chi connectivity index (χ0) is 11.1. The smallest absolute Gasteiger partial charge is 0.225 e. The van der Waals surface area contributed by atoms with Crippen LogP contribution in [0.4, 0.5) is 0 Å². The molecule has 0 aromatic heterocycles. The first-order valence-electron chi connectivity index (χ1n) is 6.56. The SMILES string of the molecule is NC1CC1C(=O)NC1CCN2CCCCC12. The van der Waals surface area contributed by atoms with Crippen LogP contribution in [0.1, 0.15) is 32.1 Å². The second kappa shape index (κ2) is 4.00. The van der Waals surface area contributed by atoms with Crippen molar-refractivity contribution >= 4 is 5.91 Å². The van der Waals surface area contributed by atoms with Crippen molar-refractivity contribution in [1.82, 2.24) is 10.2 Å². The van der Waals surface area contributed by atoms with Gasteiger partial charge in [-0.25, -0.2) is 0 Å². The summed E-state index contributed by atoms with van der Waals surface area (Å²) in [5.41, 5.74) is 5.70. The molecule has 1 aliphatic carbocycles. The molecule has 1 saturated carbocycles. The summed E-state index contributed by atoms with van der Waals surface area (Å²) in [6.45, 7) is 2.38. The van der Waals surface area contributed by atoms with E-state index in [9.17, 15) is 4.79 Å². The van der Waals surface area contributed by atoms with Crippen molar-refractivity contribution in [3.8, 4) is 0 Å². The van der Waals surface area contributed by atoms with Gasteiger partial charge in [-0.05, 0) is 32.2 Å². The highest BCUT2D eigenvalue weighted by Crippen LogP contribution is 2.30. The fourth-order valence-corrected chi connectivity index (χ4v) is 3.22. The molecule has 0 spiro atoms. The summed E-state index contributed by atoms with van der Waals surface area (Å²) < 4.78 is 0. The number of carbonyl (C=O) groups is 1. The van der Waals surface area contributed by atoms with E-state index in [1.807, 2.05) is 0 Å². The van der Waals surface area contributed by atoms with Crippen LogP contribution < -0.4 is 11.1 Å². The van der Waals surface area contributed by atoms with Crippen LogP contribution in [0.3, 0.4) is 0 Å². The molecule has 4 heteroatoms. The van der Waals surface area contributed by atoms with Crippen molar-refractivity contribution in [2.24, 2.45) is 11.7 Å². The average Bonchev–Trinajstić information content (AvgIpc) is 2.89. The first-order valence-corrected chi connectivity index (χ1v) is 6.56. The van der Waals surface area contributed by atoms with Crippen LogP contribution in [0.15, 0.2) is 0 Å². The van der Waals surface area contributed by atoms with Gasteiger partial charge >= 0.3 is 0 Å². The second-order valence-corrected chi connectivity index (χ2v) is 5.51. The minimum Gasteiger partial charge on any atom is -0.351 e. The highest BCUT2D eigenvalue weighted by atomic mass is 16.2. The molecule has 1 amide bonds. The Kier molecular flexibility index (Phi) is 2.64. The van der Waals surface area contributed by atoms with E-state index in [4.69, 9.17) is 5.73 Å². The summed E-state index contributed by atoms with van der Waals surface area (Å²) >= 11 is 0. The Morgan fingerprint density at radius 2 is 2.06 bits per heavy atom. The number of piperidine rings is 1. The lowest BCUT2D eigenvalue weighted by Crippen LogP contribution is -2.47. The summed E-state index contributed by atoms with van der Waals surface area (Å²) in [5.74, 6) is 0.308. The van der Waals surface area contributed by atoms with Gasteiger partial charge in [0.15, 0.2) is 0 Å². The van der Waals surface area contributed by atoms with Crippen molar-refractivity contribution in [2.45, 2.75) is 50.2 Å². The maximum absolute atomic E-state index is 11.8. The number of carbonyl (C=O) groups excluding carboxylic acids is 1. The first kappa shape index (κ1) is 10.5. The molecule has 90 valence electrons. The van der Waals surface area contributed by atoms with Gasteiger partial charge in [-0.3, -0.25) is 9.69 Å². The van der Waals surface area contributed by atoms with Gasteiger partial charge in [-0.2, -0.15) is 0 Å². The van der Waals surface area contributed by atoms with Gasteiger partial charge in [0.05, 0.1) is 5.92 Å². The zero-order valence-corrected chi connectivity index (χ0v) is 9.69. The third-order valence-corrected chi connectivity index (χ3v) is 4.36. The van der Waals surface area contributed by atoms with E-state index < -0.39 is 0 Å². The topological polar surface area (TPSA) is 58.4 Å². The van der Waals surface area contributed by atoms with E-state index in [0.717, 1.165) is 19.4 Å². The predicted octanol–water partition coefficient (Wildman–Crippen LogP) is 0.0766. The van der Waals surface area contributed by atoms with Gasteiger partial charge in [0.25, 0.3) is 0 Å². The molecule has 4 unspecified atom stereocenters. The summed E-state index contributed by atoms with van der Waals surface area (Å²) in [6.07, 6.45) is 5.90. The minimum atomic E-state index is 0.109. The van der Waals surface area contributed by atoms with Gasteiger partial charge in [-0.15, -0.1) is 0 Å². The van der Waals surface area contributed by atoms with Crippen molar-refractivity contribution in [3.05, 3.63) is 0 Å². The molecule has 3 fully saturated rings. The standard InChI is InChI=1S/C12H21N3O/c13-9-7-8(9)12(16)14-10-4-6-15-5-2-1-3-11(10)15/h8-11H,1-7,13H2,(H,14,16). The molecule has 3 aliphatic rings. The molecule has 3 N–H and O–H groups in total. The third kappa shape index (κ3) is 1.84. The van der Waals surface area contributed by atoms with Crippen LogP contribution in [0.5, 0.6) is 0 Å². The van der Waals surface area contributed by atoms with E-state index in [-0.39, 0.29) is 17.9 Å². The molecule has 4 nitrogen and oxygen atoms in total.